The smallest absolute Gasteiger partial charge is 0.0958 e. The summed E-state index contributed by atoms with van der Waals surface area (Å²) in [7, 11) is 0. The molecule has 2 nitrogen and oxygen atoms in total. The van der Waals surface area contributed by atoms with E-state index in [1.54, 1.807) is 0 Å². The highest BCUT2D eigenvalue weighted by molar-refractivity contribution is 14.1. The quantitative estimate of drug-likeness (QED) is 0.351. The first-order chi connectivity index (χ1) is 7.68. The second-order valence-corrected chi connectivity index (χ2v) is 7.80. The minimum absolute atomic E-state index is 0.0272. The molecule has 0 aromatic heterocycles. The van der Waals surface area contributed by atoms with Crippen molar-refractivity contribution in [3.63, 3.8) is 0 Å². The van der Waals surface area contributed by atoms with Crippen LogP contribution >= 0.6 is 45.2 Å². The van der Waals surface area contributed by atoms with Crippen molar-refractivity contribution in [3.05, 3.63) is 12.2 Å². The number of aliphatic hydroxyl groups is 1. The zero-order valence-electron chi connectivity index (χ0n) is 9.19. The van der Waals surface area contributed by atoms with Gasteiger partial charge in [-0.3, -0.25) is 0 Å². The molecule has 2 bridgehead atoms. The number of hydrogen-bond acceptors (Lipinski definition) is 2. The van der Waals surface area contributed by atoms with E-state index in [-0.39, 0.29) is 12.2 Å². The molecule has 1 fully saturated rings. The first-order valence-corrected chi connectivity index (χ1v) is 8.44. The largest absolute Gasteiger partial charge is 0.390 e. The summed E-state index contributed by atoms with van der Waals surface area (Å²) in [6.45, 7) is 0. The molecule has 2 rings (SSSR count). The SMILES string of the molecule is O[C@H]1CC[C@H]2O[C@H]1[C@@H](I)C/C=C\CC[C@@H]2I. The Hall–Kier alpha value is 1.12. The Morgan fingerprint density at radius 1 is 1.06 bits per heavy atom. The van der Waals surface area contributed by atoms with E-state index in [9.17, 15) is 5.11 Å². The van der Waals surface area contributed by atoms with Gasteiger partial charge in [0, 0.05) is 7.85 Å². The lowest BCUT2D eigenvalue weighted by Crippen LogP contribution is -2.46. The standard InChI is InChI=1S/C12H18I2O2/c13-8-4-2-1-3-5-9(14)12-10(15)6-7-11(8)16-12/h1,3,8-12,15H,2,4-7H2/b3-1-/t8-,9-,10-,11+,12-/m0/s1. The van der Waals surface area contributed by atoms with Crippen molar-refractivity contribution < 1.29 is 9.84 Å². The van der Waals surface area contributed by atoms with Gasteiger partial charge in [0.1, 0.15) is 0 Å². The Morgan fingerprint density at radius 3 is 2.69 bits per heavy atom. The third kappa shape index (κ3) is 3.32. The van der Waals surface area contributed by atoms with E-state index >= 15 is 0 Å². The molecule has 1 N–H and O–H groups in total. The molecule has 4 heteroatoms. The summed E-state index contributed by atoms with van der Waals surface area (Å²) in [6, 6.07) is 0. The molecule has 0 spiro atoms. The second-order valence-electron chi connectivity index (χ2n) is 4.60. The molecule has 0 amide bonds. The van der Waals surface area contributed by atoms with Crippen molar-refractivity contribution in [3.8, 4) is 0 Å². The van der Waals surface area contributed by atoms with Crippen LogP contribution in [0.4, 0.5) is 0 Å². The molecule has 2 aliphatic rings. The summed E-state index contributed by atoms with van der Waals surface area (Å²) < 4.78 is 7.08. The van der Waals surface area contributed by atoms with E-state index in [0.29, 0.717) is 14.0 Å². The molecule has 0 aromatic rings. The van der Waals surface area contributed by atoms with Gasteiger partial charge in [0.25, 0.3) is 0 Å². The van der Waals surface area contributed by atoms with Crippen LogP contribution in [0.25, 0.3) is 0 Å². The molecule has 0 aromatic carbocycles. The van der Waals surface area contributed by atoms with Crippen LogP contribution in [-0.4, -0.2) is 31.3 Å². The van der Waals surface area contributed by atoms with E-state index in [0.717, 1.165) is 25.7 Å². The van der Waals surface area contributed by atoms with Gasteiger partial charge in [-0.2, -0.15) is 0 Å². The summed E-state index contributed by atoms with van der Waals surface area (Å²) in [6.07, 6.45) is 9.90. The maximum atomic E-state index is 10.00. The molecule has 16 heavy (non-hydrogen) atoms. The Bertz CT molecular complexity index is 257. The fourth-order valence-corrected chi connectivity index (χ4v) is 4.20. The Morgan fingerprint density at radius 2 is 1.88 bits per heavy atom. The number of ether oxygens (including phenoxy) is 1. The van der Waals surface area contributed by atoms with Crippen LogP contribution < -0.4 is 0 Å². The van der Waals surface area contributed by atoms with E-state index in [1.807, 2.05) is 0 Å². The molecule has 0 aliphatic carbocycles. The lowest BCUT2D eigenvalue weighted by atomic mass is 9.94. The highest BCUT2D eigenvalue weighted by atomic mass is 127. The van der Waals surface area contributed by atoms with Crippen LogP contribution in [0.2, 0.25) is 0 Å². The summed E-state index contributed by atoms with van der Waals surface area (Å²) in [4.78, 5) is 0. The molecular weight excluding hydrogens is 430 g/mol. The normalized spacial score (nSPS) is 47.3. The fraction of sp³-hybridized carbons (Fsp3) is 0.833. The number of halogens is 2. The van der Waals surface area contributed by atoms with Crippen LogP contribution in [0, 0.1) is 0 Å². The van der Waals surface area contributed by atoms with Gasteiger partial charge in [-0.1, -0.05) is 57.3 Å². The highest BCUT2D eigenvalue weighted by Crippen LogP contribution is 2.33. The Balaban J connectivity index is 2.11. The van der Waals surface area contributed by atoms with Gasteiger partial charge >= 0.3 is 0 Å². The van der Waals surface area contributed by atoms with Crippen molar-refractivity contribution >= 4 is 45.2 Å². The average molecular weight is 448 g/mol. The maximum Gasteiger partial charge on any atom is 0.0958 e. The first kappa shape index (κ1) is 13.5. The van der Waals surface area contributed by atoms with Crippen LogP contribution in [0.3, 0.4) is 0 Å². The van der Waals surface area contributed by atoms with Gasteiger partial charge in [0.15, 0.2) is 0 Å². The summed E-state index contributed by atoms with van der Waals surface area (Å²) >= 11 is 4.92. The molecule has 0 radical (unpaired) electrons. The summed E-state index contributed by atoms with van der Waals surface area (Å²) in [5.41, 5.74) is 0. The molecule has 5 atom stereocenters. The van der Waals surface area contributed by atoms with Crippen LogP contribution in [-0.2, 0) is 4.74 Å². The minimum atomic E-state index is -0.269. The minimum Gasteiger partial charge on any atom is -0.390 e. The number of hydrogen-bond donors (Lipinski definition) is 1. The number of fused-ring (bicyclic) bond motifs is 2. The van der Waals surface area contributed by atoms with Gasteiger partial charge in [0.05, 0.1) is 18.3 Å². The van der Waals surface area contributed by atoms with Gasteiger partial charge in [-0.05, 0) is 32.1 Å². The summed E-state index contributed by atoms with van der Waals surface area (Å²) in [5, 5.41) is 10.00. The zero-order chi connectivity index (χ0) is 11.5. The lowest BCUT2D eigenvalue weighted by Gasteiger charge is -2.38. The van der Waals surface area contributed by atoms with Gasteiger partial charge in [0.2, 0.25) is 0 Å². The molecule has 0 unspecified atom stereocenters. The maximum absolute atomic E-state index is 10.00. The monoisotopic (exact) mass is 448 g/mol. The molecule has 2 heterocycles. The molecule has 0 saturated carbocycles. The molecule has 1 saturated heterocycles. The predicted octanol–water partition coefficient (Wildman–Crippen LogP) is 3.24. The fourth-order valence-electron chi connectivity index (χ4n) is 2.37. The van der Waals surface area contributed by atoms with E-state index in [1.165, 1.54) is 6.42 Å². The first-order valence-electron chi connectivity index (χ1n) is 5.95. The topological polar surface area (TPSA) is 29.5 Å². The van der Waals surface area contributed by atoms with Gasteiger partial charge in [-0.15, -0.1) is 0 Å². The van der Waals surface area contributed by atoms with E-state index in [2.05, 4.69) is 57.3 Å². The lowest BCUT2D eigenvalue weighted by molar-refractivity contribution is -0.113. The van der Waals surface area contributed by atoms with Crippen molar-refractivity contribution in [1.82, 2.24) is 0 Å². The highest BCUT2D eigenvalue weighted by Gasteiger charge is 2.36. The molecule has 2 aliphatic heterocycles. The van der Waals surface area contributed by atoms with Crippen molar-refractivity contribution in [2.75, 3.05) is 0 Å². The van der Waals surface area contributed by atoms with E-state index in [4.69, 9.17) is 4.74 Å². The van der Waals surface area contributed by atoms with Crippen molar-refractivity contribution in [1.29, 1.82) is 0 Å². The summed E-state index contributed by atoms with van der Waals surface area (Å²) in [5.74, 6) is 0. The third-order valence-corrected chi connectivity index (χ3v) is 6.00. The van der Waals surface area contributed by atoms with Gasteiger partial charge in [-0.25, -0.2) is 0 Å². The Kier molecular flexibility index (Phi) is 5.36. The van der Waals surface area contributed by atoms with E-state index < -0.39 is 0 Å². The number of rotatable bonds is 0. The zero-order valence-corrected chi connectivity index (χ0v) is 13.5. The average Bonchev–Trinajstić information content (AvgIpc) is 2.28. The second kappa shape index (κ2) is 6.33. The third-order valence-electron chi connectivity index (χ3n) is 3.36. The Labute approximate surface area is 124 Å². The molecule has 92 valence electrons. The van der Waals surface area contributed by atoms with Crippen LogP contribution in [0.1, 0.15) is 32.1 Å². The van der Waals surface area contributed by atoms with Crippen molar-refractivity contribution in [2.24, 2.45) is 0 Å². The molecular formula is C12H18I2O2. The van der Waals surface area contributed by atoms with Crippen LogP contribution in [0.15, 0.2) is 12.2 Å². The number of alkyl halides is 2. The van der Waals surface area contributed by atoms with Crippen molar-refractivity contribution in [2.45, 2.75) is 58.3 Å². The van der Waals surface area contributed by atoms with Crippen LogP contribution in [0.5, 0.6) is 0 Å². The predicted molar refractivity (Wildman–Crippen MR) is 82.5 cm³/mol. The van der Waals surface area contributed by atoms with Gasteiger partial charge < -0.3 is 9.84 Å². The number of aliphatic hydroxyl groups excluding tert-OH is 1. The number of allylic oxidation sites excluding steroid dienone is 2.